The lowest BCUT2D eigenvalue weighted by molar-refractivity contribution is 0.670. The van der Waals surface area contributed by atoms with E-state index in [9.17, 15) is 0 Å². The molecule has 0 bridgehead atoms. The largest absolute Gasteiger partial charge is 0.398 e. The molecular weight excluding hydrogens is 322 g/mol. The Morgan fingerprint density at radius 3 is 2.31 bits per heavy atom. The van der Waals surface area contributed by atoms with Gasteiger partial charge >= 0.3 is 0 Å². The summed E-state index contributed by atoms with van der Waals surface area (Å²) in [7, 11) is 2.05. The summed E-state index contributed by atoms with van der Waals surface area (Å²) in [5.74, 6) is 0.984. The van der Waals surface area contributed by atoms with E-state index in [1.165, 1.54) is 60.2 Å². The van der Waals surface area contributed by atoms with Crippen molar-refractivity contribution in [1.29, 1.82) is 0 Å². The van der Waals surface area contributed by atoms with Crippen molar-refractivity contribution < 1.29 is 0 Å². The van der Waals surface area contributed by atoms with Gasteiger partial charge in [0.05, 0.1) is 5.39 Å². The number of nitrogen functional groups attached to an aromatic ring is 1. The van der Waals surface area contributed by atoms with Gasteiger partial charge in [0.1, 0.15) is 5.82 Å². The summed E-state index contributed by atoms with van der Waals surface area (Å²) in [6, 6.07) is 0. The lowest BCUT2D eigenvalue weighted by atomic mass is 9.88. The van der Waals surface area contributed by atoms with E-state index >= 15 is 0 Å². The molecule has 0 aromatic carbocycles. The number of pyridine rings is 2. The van der Waals surface area contributed by atoms with Crippen molar-refractivity contribution in [2.45, 2.75) is 57.8 Å². The van der Waals surface area contributed by atoms with Crippen LogP contribution in [0.15, 0.2) is 12.4 Å². The number of nitrogens with zero attached hydrogens (tertiary/aromatic N) is 4. The number of hydrogen-bond acceptors (Lipinski definition) is 4. The quantitative estimate of drug-likeness (QED) is 0.681. The molecule has 0 spiro atoms. The molecule has 134 valence electrons. The van der Waals surface area contributed by atoms with Crippen molar-refractivity contribution in [3.05, 3.63) is 34.9 Å². The summed E-state index contributed by atoms with van der Waals surface area (Å²) in [6.45, 7) is 0. The standard InChI is InChI=1S/C21H25N5/c1-26-12-11-23-21(26)17-13-7-5-6-10-15(13)24-20-18(17)19(22)14-8-3-2-4-9-16(14)25-20/h11-12H,2-10H2,1H3,(H2,22,24,25). The fraction of sp³-hybridized carbons (Fsp3) is 0.476. The van der Waals surface area contributed by atoms with Crippen LogP contribution in [0.1, 0.15) is 54.6 Å². The first-order valence-corrected chi connectivity index (χ1v) is 9.84. The molecule has 3 aromatic rings. The average Bonchev–Trinajstić information content (AvgIpc) is 2.92. The molecule has 0 unspecified atom stereocenters. The molecule has 0 fully saturated rings. The first-order valence-electron chi connectivity index (χ1n) is 9.84. The van der Waals surface area contributed by atoms with Crippen LogP contribution in [0.4, 0.5) is 5.69 Å². The highest BCUT2D eigenvalue weighted by Crippen LogP contribution is 2.40. The molecule has 5 heteroatoms. The van der Waals surface area contributed by atoms with Crippen LogP contribution in [0.2, 0.25) is 0 Å². The van der Waals surface area contributed by atoms with Crippen LogP contribution in [0.5, 0.6) is 0 Å². The molecule has 2 N–H and O–H groups in total. The van der Waals surface area contributed by atoms with Gasteiger partial charge in [-0.05, 0) is 62.5 Å². The Morgan fingerprint density at radius 1 is 0.885 bits per heavy atom. The summed E-state index contributed by atoms with van der Waals surface area (Å²) >= 11 is 0. The van der Waals surface area contributed by atoms with Crippen molar-refractivity contribution in [3.63, 3.8) is 0 Å². The SMILES string of the molecule is Cn1ccnc1-c1c2c(nc3nc4c(c(N)c13)CCCCC4)CCCC2. The molecule has 3 aromatic heterocycles. The van der Waals surface area contributed by atoms with Gasteiger partial charge in [-0.2, -0.15) is 0 Å². The van der Waals surface area contributed by atoms with Crippen molar-refractivity contribution in [1.82, 2.24) is 19.5 Å². The summed E-state index contributed by atoms with van der Waals surface area (Å²) in [5, 5.41) is 1.03. The maximum atomic E-state index is 6.78. The Morgan fingerprint density at radius 2 is 1.54 bits per heavy atom. The Kier molecular flexibility index (Phi) is 3.69. The van der Waals surface area contributed by atoms with Gasteiger partial charge in [-0.15, -0.1) is 0 Å². The highest BCUT2D eigenvalue weighted by molar-refractivity contribution is 6.02. The second-order valence-electron chi connectivity index (χ2n) is 7.69. The molecule has 0 amide bonds. The number of rotatable bonds is 1. The molecule has 2 aliphatic rings. The van der Waals surface area contributed by atoms with E-state index in [2.05, 4.69) is 16.6 Å². The molecule has 0 aliphatic heterocycles. The third kappa shape index (κ3) is 2.33. The van der Waals surface area contributed by atoms with E-state index in [1.54, 1.807) is 0 Å². The highest BCUT2D eigenvalue weighted by atomic mass is 15.0. The lowest BCUT2D eigenvalue weighted by Gasteiger charge is -2.22. The van der Waals surface area contributed by atoms with Crippen LogP contribution in [-0.4, -0.2) is 19.5 Å². The monoisotopic (exact) mass is 347 g/mol. The minimum atomic E-state index is 0.821. The summed E-state index contributed by atoms with van der Waals surface area (Å²) < 4.78 is 2.09. The Labute approximate surface area is 153 Å². The number of hydrogen-bond donors (Lipinski definition) is 1. The van der Waals surface area contributed by atoms with E-state index in [0.29, 0.717) is 0 Å². The van der Waals surface area contributed by atoms with Gasteiger partial charge in [-0.25, -0.2) is 15.0 Å². The predicted molar refractivity (Wildman–Crippen MR) is 104 cm³/mol. The molecule has 0 saturated heterocycles. The Balaban J connectivity index is 1.90. The summed E-state index contributed by atoms with van der Waals surface area (Å²) in [6.07, 6.45) is 14.0. The normalized spacial score (nSPS) is 17.0. The molecule has 5 nitrogen and oxygen atoms in total. The third-order valence-electron chi connectivity index (χ3n) is 6.02. The fourth-order valence-electron chi connectivity index (χ4n) is 4.68. The number of aryl methyl sites for hydroxylation is 3. The molecule has 0 radical (unpaired) electrons. The molecule has 0 saturated carbocycles. The number of imidazole rings is 1. The van der Waals surface area contributed by atoms with Gasteiger partial charge in [0, 0.05) is 42.1 Å². The molecular formula is C21H25N5. The van der Waals surface area contributed by atoms with Gasteiger partial charge in [0.2, 0.25) is 0 Å². The van der Waals surface area contributed by atoms with Gasteiger partial charge in [0.15, 0.2) is 5.65 Å². The van der Waals surface area contributed by atoms with Crippen LogP contribution in [0.25, 0.3) is 22.4 Å². The van der Waals surface area contributed by atoms with E-state index in [1.807, 2.05) is 12.4 Å². The minimum Gasteiger partial charge on any atom is -0.398 e. The van der Waals surface area contributed by atoms with Crippen molar-refractivity contribution in [2.75, 3.05) is 5.73 Å². The Hall–Kier alpha value is -2.43. The summed E-state index contributed by atoms with van der Waals surface area (Å²) in [5.41, 5.74) is 14.6. The number of nitrogens with two attached hydrogens (primary N) is 1. The smallest absolute Gasteiger partial charge is 0.162 e. The number of aromatic nitrogens is 4. The van der Waals surface area contributed by atoms with E-state index in [-0.39, 0.29) is 0 Å². The fourth-order valence-corrected chi connectivity index (χ4v) is 4.68. The molecule has 0 atom stereocenters. The van der Waals surface area contributed by atoms with Gasteiger partial charge in [0.25, 0.3) is 0 Å². The van der Waals surface area contributed by atoms with Gasteiger partial charge in [-0.1, -0.05) is 6.42 Å². The minimum absolute atomic E-state index is 0.821. The highest BCUT2D eigenvalue weighted by Gasteiger charge is 2.26. The predicted octanol–water partition coefficient (Wildman–Crippen LogP) is 3.76. The van der Waals surface area contributed by atoms with Crippen molar-refractivity contribution in [2.24, 2.45) is 7.05 Å². The van der Waals surface area contributed by atoms with Crippen molar-refractivity contribution in [3.8, 4) is 11.4 Å². The Bertz CT molecular complexity index is 1000. The number of fused-ring (bicyclic) bond motifs is 3. The number of anilines is 1. The van der Waals surface area contributed by atoms with E-state index in [0.717, 1.165) is 48.2 Å². The van der Waals surface area contributed by atoms with Crippen LogP contribution in [0.3, 0.4) is 0 Å². The zero-order valence-electron chi connectivity index (χ0n) is 15.4. The van der Waals surface area contributed by atoms with Gasteiger partial charge < -0.3 is 10.3 Å². The molecule has 5 rings (SSSR count). The summed E-state index contributed by atoms with van der Waals surface area (Å²) in [4.78, 5) is 14.7. The van der Waals surface area contributed by atoms with Crippen LogP contribution >= 0.6 is 0 Å². The van der Waals surface area contributed by atoms with Crippen LogP contribution in [-0.2, 0) is 32.7 Å². The van der Waals surface area contributed by atoms with Crippen LogP contribution < -0.4 is 5.73 Å². The maximum absolute atomic E-state index is 6.78. The van der Waals surface area contributed by atoms with E-state index < -0.39 is 0 Å². The lowest BCUT2D eigenvalue weighted by Crippen LogP contribution is -2.13. The second-order valence-corrected chi connectivity index (χ2v) is 7.69. The third-order valence-corrected chi connectivity index (χ3v) is 6.02. The first kappa shape index (κ1) is 15.8. The topological polar surface area (TPSA) is 69.6 Å². The molecule has 2 aliphatic carbocycles. The van der Waals surface area contributed by atoms with E-state index in [4.69, 9.17) is 15.7 Å². The zero-order valence-corrected chi connectivity index (χ0v) is 15.4. The van der Waals surface area contributed by atoms with Crippen LogP contribution in [0, 0.1) is 0 Å². The maximum Gasteiger partial charge on any atom is 0.162 e. The molecule has 3 heterocycles. The second kappa shape index (κ2) is 6.08. The zero-order chi connectivity index (χ0) is 17.7. The average molecular weight is 347 g/mol. The van der Waals surface area contributed by atoms with Gasteiger partial charge in [-0.3, -0.25) is 0 Å². The first-order chi connectivity index (χ1) is 12.7. The van der Waals surface area contributed by atoms with Crippen molar-refractivity contribution >= 4 is 16.7 Å². The molecule has 26 heavy (non-hydrogen) atoms.